The number of carbonyl (C=O) groups excluding carboxylic acids is 1. The standard InChI is InChI=1S/C21H16N2O2S/c1-25-17-10-8-16(9-11-17)19-14-26-21(23-19)18(13-22)20(24)12-7-15-5-3-2-4-6-15/h2-12,14,18H,1H3/b12-7+. The van der Waals surface area contributed by atoms with Crippen LogP contribution in [0, 0.1) is 11.3 Å². The van der Waals surface area contributed by atoms with Crippen molar-refractivity contribution in [3.8, 4) is 23.1 Å². The highest BCUT2D eigenvalue weighted by molar-refractivity contribution is 7.10. The van der Waals surface area contributed by atoms with Crippen molar-refractivity contribution in [1.29, 1.82) is 5.26 Å². The molecule has 1 heterocycles. The zero-order valence-corrected chi connectivity index (χ0v) is 14.9. The van der Waals surface area contributed by atoms with E-state index in [0.717, 1.165) is 22.6 Å². The Kier molecular flexibility index (Phi) is 5.57. The second kappa shape index (κ2) is 8.24. The highest BCUT2D eigenvalue weighted by Gasteiger charge is 2.21. The second-order valence-corrected chi connectivity index (χ2v) is 6.40. The minimum Gasteiger partial charge on any atom is -0.497 e. The van der Waals surface area contributed by atoms with Crippen LogP contribution in [0.4, 0.5) is 0 Å². The van der Waals surface area contributed by atoms with Crippen molar-refractivity contribution < 1.29 is 9.53 Å². The molecule has 0 saturated heterocycles. The number of rotatable bonds is 6. The molecule has 0 amide bonds. The lowest BCUT2D eigenvalue weighted by Gasteiger charge is -2.02. The molecule has 0 aliphatic carbocycles. The molecule has 4 nitrogen and oxygen atoms in total. The number of thiazole rings is 1. The number of ether oxygens (including phenoxy) is 1. The number of aromatic nitrogens is 1. The summed E-state index contributed by atoms with van der Waals surface area (Å²) in [4.78, 5) is 16.9. The summed E-state index contributed by atoms with van der Waals surface area (Å²) in [5.74, 6) is -0.403. The maximum atomic E-state index is 12.4. The molecule has 0 aliphatic rings. The molecular weight excluding hydrogens is 344 g/mol. The van der Waals surface area contributed by atoms with Gasteiger partial charge in [-0.25, -0.2) is 4.98 Å². The van der Waals surface area contributed by atoms with E-state index in [1.54, 1.807) is 13.2 Å². The molecule has 0 spiro atoms. The highest BCUT2D eigenvalue weighted by Crippen LogP contribution is 2.28. The van der Waals surface area contributed by atoms with E-state index in [1.807, 2.05) is 60.0 Å². The van der Waals surface area contributed by atoms with Gasteiger partial charge in [0.2, 0.25) is 0 Å². The Morgan fingerprint density at radius 2 is 1.92 bits per heavy atom. The molecule has 5 heteroatoms. The summed E-state index contributed by atoms with van der Waals surface area (Å²) < 4.78 is 5.15. The van der Waals surface area contributed by atoms with Gasteiger partial charge in [0.1, 0.15) is 10.8 Å². The molecule has 0 bridgehead atoms. The Morgan fingerprint density at radius 3 is 2.58 bits per heavy atom. The zero-order chi connectivity index (χ0) is 18.4. The number of carbonyl (C=O) groups is 1. The van der Waals surface area contributed by atoms with E-state index in [1.165, 1.54) is 17.4 Å². The first-order valence-electron chi connectivity index (χ1n) is 7.97. The number of nitriles is 1. The Balaban J connectivity index is 1.78. The summed E-state index contributed by atoms with van der Waals surface area (Å²) in [7, 11) is 1.61. The van der Waals surface area contributed by atoms with Crippen molar-refractivity contribution in [3.05, 3.63) is 76.6 Å². The van der Waals surface area contributed by atoms with Crippen LogP contribution in [-0.2, 0) is 4.79 Å². The smallest absolute Gasteiger partial charge is 0.179 e. The van der Waals surface area contributed by atoms with Gasteiger partial charge >= 0.3 is 0 Å². The first-order chi connectivity index (χ1) is 12.7. The molecule has 0 saturated carbocycles. The Labute approximate surface area is 156 Å². The third-order valence-electron chi connectivity index (χ3n) is 3.81. The third kappa shape index (κ3) is 4.05. The van der Waals surface area contributed by atoms with E-state index < -0.39 is 5.92 Å². The van der Waals surface area contributed by atoms with Gasteiger partial charge in [-0.15, -0.1) is 11.3 Å². The molecule has 26 heavy (non-hydrogen) atoms. The summed E-state index contributed by atoms with van der Waals surface area (Å²) in [5.41, 5.74) is 2.57. The van der Waals surface area contributed by atoms with Crippen LogP contribution < -0.4 is 4.74 Å². The van der Waals surface area contributed by atoms with Gasteiger partial charge in [-0.3, -0.25) is 4.79 Å². The highest BCUT2D eigenvalue weighted by atomic mass is 32.1. The largest absolute Gasteiger partial charge is 0.497 e. The van der Waals surface area contributed by atoms with Crippen LogP contribution in [0.2, 0.25) is 0 Å². The fourth-order valence-corrected chi connectivity index (χ4v) is 3.27. The van der Waals surface area contributed by atoms with Crippen molar-refractivity contribution in [3.63, 3.8) is 0 Å². The van der Waals surface area contributed by atoms with Crippen LogP contribution in [-0.4, -0.2) is 17.9 Å². The van der Waals surface area contributed by atoms with Crippen molar-refractivity contribution in [2.45, 2.75) is 5.92 Å². The quantitative estimate of drug-likeness (QED) is 0.597. The lowest BCUT2D eigenvalue weighted by atomic mass is 10.1. The fourth-order valence-electron chi connectivity index (χ4n) is 2.39. The average molecular weight is 360 g/mol. The first kappa shape index (κ1) is 17.6. The molecule has 0 fully saturated rings. The number of benzene rings is 2. The van der Waals surface area contributed by atoms with Crippen LogP contribution in [0.5, 0.6) is 5.75 Å². The van der Waals surface area contributed by atoms with Gasteiger partial charge < -0.3 is 4.74 Å². The second-order valence-electron chi connectivity index (χ2n) is 5.51. The summed E-state index contributed by atoms with van der Waals surface area (Å²) in [6.07, 6.45) is 3.16. The Morgan fingerprint density at radius 1 is 1.19 bits per heavy atom. The number of hydrogen-bond acceptors (Lipinski definition) is 5. The average Bonchev–Trinajstić information content (AvgIpc) is 3.17. The van der Waals surface area contributed by atoms with Crippen LogP contribution in [0.1, 0.15) is 16.5 Å². The number of ketones is 1. The van der Waals surface area contributed by atoms with Gasteiger partial charge in [0, 0.05) is 10.9 Å². The molecule has 1 aromatic heterocycles. The Bertz CT molecular complexity index is 954. The Hall–Kier alpha value is -3.23. The van der Waals surface area contributed by atoms with E-state index >= 15 is 0 Å². The molecular formula is C21H16N2O2S. The van der Waals surface area contributed by atoms with Crippen molar-refractivity contribution in [2.24, 2.45) is 0 Å². The van der Waals surface area contributed by atoms with Crippen LogP contribution in [0.15, 0.2) is 66.1 Å². The number of hydrogen-bond donors (Lipinski definition) is 0. The molecule has 0 N–H and O–H groups in total. The fraction of sp³-hybridized carbons (Fsp3) is 0.0952. The van der Waals surface area contributed by atoms with E-state index in [4.69, 9.17) is 4.74 Å². The molecule has 1 atom stereocenters. The van der Waals surface area contributed by atoms with Crippen LogP contribution in [0.3, 0.4) is 0 Å². The van der Waals surface area contributed by atoms with Gasteiger partial charge in [-0.1, -0.05) is 36.4 Å². The number of methoxy groups -OCH3 is 1. The van der Waals surface area contributed by atoms with E-state index in [2.05, 4.69) is 11.1 Å². The monoisotopic (exact) mass is 360 g/mol. The van der Waals surface area contributed by atoms with Gasteiger partial charge in [0.15, 0.2) is 11.7 Å². The summed E-state index contributed by atoms with van der Waals surface area (Å²) in [6.45, 7) is 0. The van der Waals surface area contributed by atoms with Crippen molar-refractivity contribution in [1.82, 2.24) is 4.98 Å². The number of nitrogens with zero attached hydrogens (tertiary/aromatic N) is 2. The predicted octanol–water partition coefficient (Wildman–Crippen LogP) is 4.71. The third-order valence-corrected chi connectivity index (χ3v) is 4.72. The minimum atomic E-state index is -0.896. The summed E-state index contributed by atoms with van der Waals surface area (Å²) >= 11 is 1.32. The van der Waals surface area contributed by atoms with Gasteiger partial charge in [0.05, 0.1) is 18.9 Å². The molecule has 1 unspecified atom stereocenters. The first-order valence-corrected chi connectivity index (χ1v) is 8.85. The van der Waals surface area contributed by atoms with Gasteiger partial charge in [-0.2, -0.15) is 5.26 Å². The zero-order valence-electron chi connectivity index (χ0n) is 14.1. The van der Waals surface area contributed by atoms with Crippen molar-refractivity contribution in [2.75, 3.05) is 7.11 Å². The van der Waals surface area contributed by atoms with Gasteiger partial charge in [0.25, 0.3) is 0 Å². The van der Waals surface area contributed by atoms with E-state index in [9.17, 15) is 10.1 Å². The maximum Gasteiger partial charge on any atom is 0.179 e. The predicted molar refractivity (Wildman–Crippen MR) is 103 cm³/mol. The van der Waals surface area contributed by atoms with Gasteiger partial charge in [-0.05, 0) is 35.9 Å². The van der Waals surface area contributed by atoms with Crippen LogP contribution in [0.25, 0.3) is 17.3 Å². The van der Waals surface area contributed by atoms with Crippen molar-refractivity contribution >= 4 is 23.2 Å². The maximum absolute atomic E-state index is 12.4. The molecule has 0 aliphatic heterocycles. The number of allylic oxidation sites excluding steroid dienone is 1. The lowest BCUT2D eigenvalue weighted by Crippen LogP contribution is -2.07. The van der Waals surface area contributed by atoms with Crippen LogP contribution >= 0.6 is 11.3 Å². The minimum absolute atomic E-state index is 0.271. The lowest BCUT2D eigenvalue weighted by molar-refractivity contribution is -0.114. The summed E-state index contributed by atoms with van der Waals surface area (Å²) in [6, 6.07) is 19.1. The molecule has 2 aromatic carbocycles. The molecule has 3 rings (SSSR count). The summed E-state index contributed by atoms with van der Waals surface area (Å²) in [5, 5.41) is 11.8. The normalized spacial score (nSPS) is 11.8. The molecule has 128 valence electrons. The molecule has 0 radical (unpaired) electrons. The molecule has 3 aromatic rings. The van der Waals surface area contributed by atoms with E-state index in [-0.39, 0.29) is 5.78 Å². The van der Waals surface area contributed by atoms with E-state index in [0.29, 0.717) is 5.01 Å². The SMILES string of the molecule is COc1ccc(-c2csc(C(C#N)C(=O)/C=C/c3ccccc3)n2)cc1. The topological polar surface area (TPSA) is 63.0 Å².